The molecule has 1 aromatic carbocycles. The van der Waals surface area contributed by atoms with Gasteiger partial charge in [-0.2, -0.15) is 0 Å². The molecule has 0 bridgehead atoms. The molecule has 0 fully saturated rings. The molecule has 2 aromatic heterocycles. The van der Waals surface area contributed by atoms with Gasteiger partial charge in [0.25, 0.3) is 0 Å². The predicted molar refractivity (Wildman–Crippen MR) is 66.7 cm³/mol. The van der Waals surface area contributed by atoms with Crippen LogP contribution in [0.4, 0.5) is 4.39 Å². The third-order valence-electron chi connectivity index (χ3n) is 2.97. The number of carbonyl (C=O) groups is 1. The lowest BCUT2D eigenvalue weighted by Gasteiger charge is -2.07. The smallest absolute Gasteiger partial charge is 0.352 e. The highest BCUT2D eigenvalue weighted by Gasteiger charge is 2.16. The fourth-order valence-electron chi connectivity index (χ4n) is 2.14. The van der Waals surface area contributed by atoms with Gasteiger partial charge in [-0.15, -0.1) is 0 Å². The minimum atomic E-state index is -1.04. The molecule has 3 rings (SSSR count). The SMILES string of the molecule is O=C(O)c1cc2occc2n1Cc1cccc(F)c1. The summed E-state index contributed by atoms with van der Waals surface area (Å²) < 4.78 is 20.0. The maximum Gasteiger partial charge on any atom is 0.352 e. The van der Waals surface area contributed by atoms with E-state index in [0.29, 0.717) is 16.7 Å². The summed E-state index contributed by atoms with van der Waals surface area (Å²) in [6.07, 6.45) is 1.50. The zero-order valence-corrected chi connectivity index (χ0v) is 9.84. The Hall–Kier alpha value is -2.56. The number of benzene rings is 1. The van der Waals surface area contributed by atoms with E-state index in [2.05, 4.69) is 0 Å². The summed E-state index contributed by atoms with van der Waals surface area (Å²) in [6.45, 7) is 0.280. The van der Waals surface area contributed by atoms with Crippen molar-refractivity contribution in [3.8, 4) is 0 Å². The van der Waals surface area contributed by atoms with Gasteiger partial charge in [-0.3, -0.25) is 0 Å². The molecule has 1 N–H and O–H groups in total. The average molecular weight is 259 g/mol. The Morgan fingerprint density at radius 1 is 1.32 bits per heavy atom. The summed E-state index contributed by atoms with van der Waals surface area (Å²) >= 11 is 0. The molecule has 0 saturated heterocycles. The first-order valence-corrected chi connectivity index (χ1v) is 5.69. The van der Waals surface area contributed by atoms with Gasteiger partial charge in [0.1, 0.15) is 11.5 Å². The van der Waals surface area contributed by atoms with Gasteiger partial charge in [0, 0.05) is 18.7 Å². The first-order chi connectivity index (χ1) is 9.15. The molecule has 0 unspecified atom stereocenters. The molecule has 0 amide bonds. The van der Waals surface area contributed by atoms with Crippen LogP contribution in [-0.2, 0) is 6.54 Å². The van der Waals surface area contributed by atoms with E-state index in [1.165, 1.54) is 24.5 Å². The minimum absolute atomic E-state index is 0.124. The molecule has 19 heavy (non-hydrogen) atoms. The molecule has 0 aliphatic rings. The van der Waals surface area contributed by atoms with Gasteiger partial charge >= 0.3 is 5.97 Å². The van der Waals surface area contributed by atoms with Crippen molar-refractivity contribution in [3.63, 3.8) is 0 Å². The lowest BCUT2D eigenvalue weighted by atomic mass is 10.2. The Bertz CT molecular complexity index is 757. The van der Waals surface area contributed by atoms with Crippen LogP contribution in [0.1, 0.15) is 16.1 Å². The number of aromatic carboxylic acids is 1. The Morgan fingerprint density at radius 2 is 2.16 bits per heavy atom. The third-order valence-corrected chi connectivity index (χ3v) is 2.97. The molecule has 2 heterocycles. The molecular formula is C14H10FNO3. The van der Waals surface area contributed by atoms with E-state index in [1.807, 2.05) is 0 Å². The zero-order chi connectivity index (χ0) is 13.4. The number of furan rings is 1. The van der Waals surface area contributed by atoms with Crippen LogP contribution in [-0.4, -0.2) is 15.6 Å². The first-order valence-electron chi connectivity index (χ1n) is 5.69. The van der Waals surface area contributed by atoms with Crippen molar-refractivity contribution < 1.29 is 18.7 Å². The van der Waals surface area contributed by atoms with Crippen molar-refractivity contribution in [3.05, 3.63) is 59.7 Å². The van der Waals surface area contributed by atoms with E-state index < -0.39 is 5.97 Å². The van der Waals surface area contributed by atoms with E-state index >= 15 is 0 Å². The van der Waals surface area contributed by atoms with Crippen LogP contribution in [0.2, 0.25) is 0 Å². The highest BCUT2D eigenvalue weighted by molar-refractivity contribution is 5.92. The van der Waals surface area contributed by atoms with Crippen LogP contribution >= 0.6 is 0 Å². The van der Waals surface area contributed by atoms with Crippen molar-refractivity contribution in [1.29, 1.82) is 0 Å². The number of hydrogen-bond donors (Lipinski definition) is 1. The van der Waals surface area contributed by atoms with E-state index in [1.54, 1.807) is 22.8 Å². The molecule has 96 valence electrons. The van der Waals surface area contributed by atoms with Crippen LogP contribution in [0.15, 0.2) is 47.1 Å². The standard InChI is InChI=1S/C14H10FNO3/c15-10-3-1-2-9(6-10)8-16-11-4-5-19-13(11)7-12(16)14(17)18/h1-7H,8H2,(H,17,18). The van der Waals surface area contributed by atoms with Crippen molar-refractivity contribution >= 4 is 17.1 Å². The Labute approximate surface area is 107 Å². The number of rotatable bonds is 3. The average Bonchev–Trinajstić information content (AvgIpc) is 2.92. The van der Waals surface area contributed by atoms with Gasteiger partial charge < -0.3 is 14.1 Å². The fourth-order valence-corrected chi connectivity index (χ4v) is 2.14. The number of hydrogen-bond acceptors (Lipinski definition) is 2. The van der Waals surface area contributed by atoms with E-state index in [-0.39, 0.29) is 18.1 Å². The van der Waals surface area contributed by atoms with E-state index in [0.717, 1.165) is 0 Å². The third kappa shape index (κ3) is 1.99. The van der Waals surface area contributed by atoms with Gasteiger partial charge in [-0.05, 0) is 17.7 Å². The molecular weight excluding hydrogens is 249 g/mol. The quantitative estimate of drug-likeness (QED) is 0.786. The molecule has 5 heteroatoms. The van der Waals surface area contributed by atoms with Crippen molar-refractivity contribution in [2.24, 2.45) is 0 Å². The second kappa shape index (κ2) is 4.28. The number of nitrogens with zero attached hydrogens (tertiary/aromatic N) is 1. The summed E-state index contributed by atoms with van der Waals surface area (Å²) in [5.41, 5.74) is 2.01. The molecule has 3 aromatic rings. The summed E-state index contributed by atoms with van der Waals surface area (Å²) in [7, 11) is 0. The fraction of sp³-hybridized carbons (Fsp3) is 0.0714. The number of carboxylic acids is 1. The second-order valence-corrected chi connectivity index (χ2v) is 4.22. The molecule has 0 aliphatic heterocycles. The van der Waals surface area contributed by atoms with E-state index in [9.17, 15) is 14.3 Å². The van der Waals surface area contributed by atoms with Crippen LogP contribution < -0.4 is 0 Å². The van der Waals surface area contributed by atoms with Gasteiger partial charge in [-0.25, -0.2) is 9.18 Å². The zero-order valence-electron chi connectivity index (χ0n) is 9.84. The highest BCUT2D eigenvalue weighted by atomic mass is 19.1. The van der Waals surface area contributed by atoms with Crippen molar-refractivity contribution in [2.45, 2.75) is 6.54 Å². The van der Waals surface area contributed by atoms with Gasteiger partial charge in [-0.1, -0.05) is 12.1 Å². The number of carboxylic acid groups (broad SMARTS) is 1. The minimum Gasteiger partial charge on any atom is -0.477 e. The van der Waals surface area contributed by atoms with Crippen LogP contribution in [0.25, 0.3) is 11.1 Å². The molecule has 0 saturated carbocycles. The first kappa shape index (κ1) is 11.5. The topological polar surface area (TPSA) is 55.4 Å². The summed E-state index contributed by atoms with van der Waals surface area (Å²) in [5, 5.41) is 9.18. The number of halogens is 1. The van der Waals surface area contributed by atoms with Crippen LogP contribution in [0.5, 0.6) is 0 Å². The molecule has 4 nitrogen and oxygen atoms in total. The van der Waals surface area contributed by atoms with Crippen LogP contribution in [0, 0.1) is 5.82 Å². The predicted octanol–water partition coefficient (Wildman–Crippen LogP) is 3.12. The van der Waals surface area contributed by atoms with Gasteiger partial charge in [0.05, 0.1) is 11.8 Å². The Morgan fingerprint density at radius 3 is 2.89 bits per heavy atom. The van der Waals surface area contributed by atoms with E-state index in [4.69, 9.17) is 4.42 Å². The monoisotopic (exact) mass is 259 g/mol. The van der Waals surface area contributed by atoms with Crippen molar-refractivity contribution in [1.82, 2.24) is 4.57 Å². The van der Waals surface area contributed by atoms with Crippen LogP contribution in [0.3, 0.4) is 0 Å². The molecule has 0 atom stereocenters. The maximum atomic E-state index is 13.2. The van der Waals surface area contributed by atoms with Gasteiger partial charge in [0.2, 0.25) is 0 Å². The lowest BCUT2D eigenvalue weighted by molar-refractivity contribution is 0.0686. The summed E-state index contributed by atoms with van der Waals surface area (Å²) in [5.74, 6) is -1.38. The number of aromatic nitrogens is 1. The number of fused-ring (bicyclic) bond motifs is 1. The largest absolute Gasteiger partial charge is 0.477 e. The lowest BCUT2D eigenvalue weighted by Crippen LogP contribution is -2.09. The Kier molecular flexibility index (Phi) is 2.59. The Balaban J connectivity index is 2.10. The summed E-state index contributed by atoms with van der Waals surface area (Å²) in [6, 6.07) is 9.25. The second-order valence-electron chi connectivity index (χ2n) is 4.22. The van der Waals surface area contributed by atoms with Crippen molar-refractivity contribution in [2.75, 3.05) is 0 Å². The normalized spacial score (nSPS) is 11.0. The molecule has 0 aliphatic carbocycles. The maximum absolute atomic E-state index is 13.2. The van der Waals surface area contributed by atoms with Gasteiger partial charge in [0.15, 0.2) is 5.58 Å². The highest BCUT2D eigenvalue weighted by Crippen LogP contribution is 2.22. The summed E-state index contributed by atoms with van der Waals surface area (Å²) in [4.78, 5) is 11.2. The molecule has 0 spiro atoms. The molecule has 0 radical (unpaired) electrons.